The molecule has 9 nitrogen and oxygen atoms in total. The van der Waals surface area contributed by atoms with Gasteiger partial charge in [0.15, 0.2) is 0 Å². The number of likely N-dealkylation sites (N-methyl/N-ethyl adjacent to an activating group) is 1. The average molecular weight is 1060 g/mol. The van der Waals surface area contributed by atoms with Crippen molar-refractivity contribution in [2.24, 2.45) is 0 Å². The third kappa shape index (κ3) is 54.5. The average Bonchev–Trinajstić information content (AvgIpc) is 3.36. The van der Waals surface area contributed by atoms with E-state index in [-0.39, 0.29) is 37.9 Å². The monoisotopic (exact) mass is 1060 g/mol. The summed E-state index contributed by atoms with van der Waals surface area (Å²) < 4.78 is 30.6. The normalized spacial score (nSPS) is 14.1. The molecule has 0 radical (unpaired) electrons. The zero-order valence-corrected chi connectivity index (χ0v) is 50.2. The Bertz CT molecular complexity index is 1450. The van der Waals surface area contributed by atoms with Gasteiger partial charge in [-0.2, -0.15) is 0 Å². The summed E-state index contributed by atoms with van der Waals surface area (Å²) in [6, 6.07) is -0.875. The molecule has 0 saturated heterocycles. The van der Waals surface area contributed by atoms with Crippen LogP contribution in [0.5, 0.6) is 0 Å². The topological polar surface area (TPSA) is 111 Å². The number of allylic oxidation sites excluding steroid dienone is 9. The number of hydrogen-bond donors (Lipinski definition) is 2. The lowest BCUT2D eigenvalue weighted by Gasteiger charge is -2.27. The van der Waals surface area contributed by atoms with Gasteiger partial charge in [-0.1, -0.05) is 262 Å². The van der Waals surface area contributed by atoms with Crippen LogP contribution in [0, 0.1) is 0 Å². The Labute approximate surface area is 458 Å². The van der Waals surface area contributed by atoms with Crippen molar-refractivity contribution in [1.29, 1.82) is 0 Å². The van der Waals surface area contributed by atoms with Gasteiger partial charge in [-0.25, -0.2) is 4.57 Å². The Morgan fingerprint density at radius 3 is 1.28 bits per heavy atom. The zero-order chi connectivity index (χ0) is 54.3. The standard InChI is InChI=1S/C64H119N2O7P/c1-7-10-13-16-19-22-25-28-30-32-33-35-37-39-42-45-48-51-54-57-64(68)73-62(55-52-49-46-43-40-27-24-21-18-15-12-9-3)61(60-72-74(69,70)71-59-58-66(4,5)6)65-63(67)56-53-50-47-44-41-38-36-34-31-29-26-23-20-17-14-11-8-2/h20,23,29,31,36,38,44,47,52,55,61-62H,7-19,21-22,24-28,30,32-35,37,39-43,45-46,48-51,53-54,56-60H2,1-6H3,(H-,65,67,69,70)/p+1/b23-20-,31-29-,38-36-,47-44-,55-52+. The number of amides is 1. The largest absolute Gasteiger partial charge is 0.472 e. The molecule has 0 aromatic heterocycles. The summed E-state index contributed by atoms with van der Waals surface area (Å²) in [6.45, 7) is 6.96. The van der Waals surface area contributed by atoms with Crippen molar-refractivity contribution < 1.29 is 37.3 Å². The predicted octanol–water partition coefficient (Wildman–Crippen LogP) is 19.1. The SMILES string of the molecule is CCCCC/C=C\C/C=C\C/C=C\C/C=C\CCCC(=O)NC(COP(=O)(O)OCC[N+](C)(C)C)C(/C=C/CCCCCCCCCCCC)OC(=O)CCCCCCCCCCCCCCCCCCCCC. The van der Waals surface area contributed by atoms with Gasteiger partial charge in [0.05, 0.1) is 33.8 Å². The molecule has 0 heterocycles. The van der Waals surface area contributed by atoms with Gasteiger partial charge in [-0.15, -0.1) is 0 Å². The second-order valence-electron chi connectivity index (χ2n) is 22.2. The summed E-state index contributed by atoms with van der Waals surface area (Å²) >= 11 is 0. The van der Waals surface area contributed by atoms with Crippen molar-refractivity contribution in [1.82, 2.24) is 5.32 Å². The third-order valence-electron chi connectivity index (χ3n) is 13.7. The highest BCUT2D eigenvalue weighted by Gasteiger charge is 2.30. The molecule has 0 saturated carbocycles. The maximum Gasteiger partial charge on any atom is 0.472 e. The number of phosphoric acid groups is 1. The predicted molar refractivity (Wildman–Crippen MR) is 318 cm³/mol. The van der Waals surface area contributed by atoms with E-state index in [4.69, 9.17) is 13.8 Å². The Morgan fingerprint density at radius 1 is 0.473 bits per heavy atom. The Hall–Kier alpha value is -2.29. The van der Waals surface area contributed by atoms with Gasteiger partial charge in [0.2, 0.25) is 5.91 Å². The van der Waals surface area contributed by atoms with Crippen molar-refractivity contribution in [3.8, 4) is 0 Å². The molecule has 3 atom stereocenters. The molecular formula is C64H120N2O7P+. The van der Waals surface area contributed by atoms with E-state index in [1.54, 1.807) is 0 Å². The van der Waals surface area contributed by atoms with Crippen LogP contribution in [0.4, 0.5) is 0 Å². The summed E-state index contributed by atoms with van der Waals surface area (Å²) in [6.07, 6.45) is 68.0. The van der Waals surface area contributed by atoms with Gasteiger partial charge in [0, 0.05) is 12.8 Å². The first-order valence-electron chi connectivity index (χ1n) is 31.1. The van der Waals surface area contributed by atoms with Crippen LogP contribution in [0.25, 0.3) is 0 Å². The Kier molecular flexibility index (Phi) is 52.4. The van der Waals surface area contributed by atoms with Gasteiger partial charge in [-0.3, -0.25) is 18.6 Å². The first kappa shape index (κ1) is 71.7. The van der Waals surface area contributed by atoms with Gasteiger partial charge in [0.25, 0.3) is 0 Å². The van der Waals surface area contributed by atoms with Crippen molar-refractivity contribution in [2.75, 3.05) is 40.9 Å². The van der Waals surface area contributed by atoms with Crippen LogP contribution in [0.2, 0.25) is 0 Å². The second-order valence-corrected chi connectivity index (χ2v) is 23.7. The van der Waals surface area contributed by atoms with Crippen LogP contribution in [0.1, 0.15) is 284 Å². The number of quaternary nitrogens is 1. The fourth-order valence-electron chi connectivity index (χ4n) is 8.87. The molecule has 0 aromatic rings. The van der Waals surface area contributed by atoms with Gasteiger partial charge in [0.1, 0.15) is 19.3 Å². The fraction of sp³-hybridized carbons (Fsp3) is 0.812. The van der Waals surface area contributed by atoms with Crippen LogP contribution >= 0.6 is 7.82 Å². The molecule has 0 rings (SSSR count). The first-order chi connectivity index (χ1) is 35.9. The van der Waals surface area contributed by atoms with Gasteiger partial charge >= 0.3 is 13.8 Å². The molecule has 3 unspecified atom stereocenters. The van der Waals surface area contributed by atoms with E-state index >= 15 is 0 Å². The number of esters is 1. The molecule has 0 aliphatic rings. The van der Waals surface area contributed by atoms with E-state index in [9.17, 15) is 19.0 Å². The number of nitrogens with one attached hydrogen (secondary N) is 1. The number of hydrogen-bond acceptors (Lipinski definition) is 6. The lowest BCUT2D eigenvalue weighted by atomic mass is 10.0. The number of carbonyl (C=O) groups is 2. The van der Waals surface area contributed by atoms with E-state index < -0.39 is 20.0 Å². The fourth-order valence-corrected chi connectivity index (χ4v) is 9.61. The van der Waals surface area contributed by atoms with Crippen molar-refractivity contribution in [2.45, 2.75) is 296 Å². The van der Waals surface area contributed by atoms with E-state index in [1.165, 1.54) is 180 Å². The number of rotatable bonds is 56. The molecule has 1 amide bonds. The summed E-state index contributed by atoms with van der Waals surface area (Å²) in [5, 5.41) is 3.02. The molecule has 0 bridgehead atoms. The number of phosphoric ester groups is 1. The van der Waals surface area contributed by atoms with E-state index in [0.717, 1.165) is 64.2 Å². The van der Waals surface area contributed by atoms with Crippen LogP contribution in [0.15, 0.2) is 60.8 Å². The highest BCUT2D eigenvalue weighted by molar-refractivity contribution is 7.47. The van der Waals surface area contributed by atoms with Crippen molar-refractivity contribution in [3.63, 3.8) is 0 Å². The number of carbonyl (C=O) groups excluding carboxylic acids is 2. The van der Waals surface area contributed by atoms with Crippen LogP contribution in [-0.2, 0) is 27.9 Å². The van der Waals surface area contributed by atoms with Crippen molar-refractivity contribution >= 4 is 19.7 Å². The number of nitrogens with zero attached hydrogens (tertiary/aromatic N) is 1. The van der Waals surface area contributed by atoms with Crippen molar-refractivity contribution in [3.05, 3.63) is 60.8 Å². The molecular weight excluding hydrogens is 940 g/mol. The minimum atomic E-state index is -4.46. The molecule has 0 aliphatic carbocycles. The minimum Gasteiger partial charge on any atom is -0.456 e. The first-order valence-corrected chi connectivity index (χ1v) is 32.6. The molecule has 0 fully saturated rings. The highest BCUT2D eigenvalue weighted by atomic mass is 31.2. The lowest BCUT2D eigenvalue weighted by Crippen LogP contribution is -2.47. The third-order valence-corrected chi connectivity index (χ3v) is 14.7. The Morgan fingerprint density at radius 2 is 0.838 bits per heavy atom. The molecule has 0 spiro atoms. The summed E-state index contributed by atoms with van der Waals surface area (Å²) in [7, 11) is 1.47. The smallest absolute Gasteiger partial charge is 0.456 e. The van der Waals surface area contributed by atoms with E-state index in [1.807, 2.05) is 33.3 Å². The molecule has 432 valence electrons. The Balaban J connectivity index is 5.32. The van der Waals surface area contributed by atoms with Crippen LogP contribution in [0.3, 0.4) is 0 Å². The molecule has 0 aliphatic heterocycles. The second kappa shape index (κ2) is 54.1. The van der Waals surface area contributed by atoms with Gasteiger partial charge < -0.3 is 19.4 Å². The van der Waals surface area contributed by atoms with Crippen LogP contribution < -0.4 is 5.32 Å². The van der Waals surface area contributed by atoms with Crippen LogP contribution in [-0.4, -0.2) is 74.3 Å². The lowest BCUT2D eigenvalue weighted by molar-refractivity contribution is -0.870. The van der Waals surface area contributed by atoms with E-state index in [2.05, 4.69) is 74.7 Å². The van der Waals surface area contributed by atoms with E-state index in [0.29, 0.717) is 17.4 Å². The summed E-state index contributed by atoms with van der Waals surface area (Å²) in [5.74, 6) is -0.562. The number of unbranched alkanes of at least 4 members (excludes halogenated alkanes) is 32. The minimum absolute atomic E-state index is 0.0302. The summed E-state index contributed by atoms with van der Waals surface area (Å²) in [5.41, 5.74) is 0. The zero-order valence-electron chi connectivity index (χ0n) is 49.3. The molecule has 10 heteroatoms. The summed E-state index contributed by atoms with van der Waals surface area (Å²) in [4.78, 5) is 37.7. The maximum absolute atomic E-state index is 13.5. The molecule has 0 aromatic carbocycles. The van der Waals surface area contributed by atoms with Gasteiger partial charge in [-0.05, 0) is 70.3 Å². The molecule has 2 N–H and O–H groups in total. The quantitative estimate of drug-likeness (QED) is 0.0205. The number of ether oxygens (including phenoxy) is 1. The maximum atomic E-state index is 13.5. The highest BCUT2D eigenvalue weighted by Crippen LogP contribution is 2.43. The molecule has 74 heavy (non-hydrogen) atoms.